The number of halogens is 1. The number of aromatic nitrogens is 2. The molecule has 0 N–H and O–H groups in total. The fourth-order valence-corrected chi connectivity index (χ4v) is 1.69. The highest BCUT2D eigenvalue weighted by Crippen LogP contribution is 2.23. The molecule has 0 amide bonds. The van der Waals surface area contributed by atoms with Crippen molar-refractivity contribution in [3.8, 4) is 0 Å². The van der Waals surface area contributed by atoms with Crippen molar-refractivity contribution < 1.29 is 0 Å². The number of nitrogens with zero attached hydrogens (tertiary/aromatic N) is 3. The minimum absolute atomic E-state index is 0.550. The van der Waals surface area contributed by atoms with Crippen LogP contribution in [0.2, 0.25) is 0 Å². The van der Waals surface area contributed by atoms with Gasteiger partial charge in [-0.25, -0.2) is 9.38 Å². The van der Waals surface area contributed by atoms with Crippen LogP contribution in [0.3, 0.4) is 0 Å². The molecule has 0 aliphatic carbocycles. The molecule has 0 saturated carbocycles. The lowest BCUT2D eigenvalue weighted by Crippen LogP contribution is -1.89. The van der Waals surface area contributed by atoms with Crippen LogP contribution < -0.4 is 0 Å². The molecule has 0 atom stereocenters. The van der Waals surface area contributed by atoms with Crippen LogP contribution in [-0.4, -0.2) is 9.38 Å². The number of fused-ring (bicyclic) bond motifs is 1. The van der Waals surface area contributed by atoms with Crippen LogP contribution in [0.5, 0.6) is 0 Å². The molecule has 2 aromatic heterocycles. The lowest BCUT2D eigenvalue weighted by atomic mass is 10.4. The summed E-state index contributed by atoms with van der Waals surface area (Å²) in [6.07, 6.45) is 1.58. The van der Waals surface area contributed by atoms with E-state index in [1.165, 1.54) is 0 Å². The summed E-state index contributed by atoms with van der Waals surface area (Å²) in [6.45, 7) is 8.91. The van der Waals surface area contributed by atoms with E-state index in [0.29, 0.717) is 5.82 Å². The Morgan fingerprint density at radius 2 is 2.31 bits per heavy atom. The molecule has 0 unspecified atom stereocenters. The van der Waals surface area contributed by atoms with Gasteiger partial charge >= 0.3 is 0 Å². The van der Waals surface area contributed by atoms with Gasteiger partial charge in [0.1, 0.15) is 0 Å². The first-order valence-corrected chi connectivity index (χ1v) is 4.53. The predicted octanol–water partition coefficient (Wildman–Crippen LogP) is 2.96. The first-order valence-electron chi connectivity index (χ1n) is 3.74. The number of aryl methyl sites for hydroxylation is 1. The fourth-order valence-electron chi connectivity index (χ4n) is 1.28. The highest BCUT2D eigenvalue weighted by Gasteiger charge is 2.09. The summed E-state index contributed by atoms with van der Waals surface area (Å²) >= 11 is 3.39. The molecule has 2 heterocycles. The molecule has 4 heteroatoms. The Morgan fingerprint density at radius 1 is 1.54 bits per heavy atom. The molecule has 2 aromatic rings. The topological polar surface area (TPSA) is 21.7 Å². The van der Waals surface area contributed by atoms with Gasteiger partial charge in [0.15, 0.2) is 0 Å². The molecule has 0 bridgehead atoms. The van der Waals surface area contributed by atoms with Crippen molar-refractivity contribution in [2.45, 2.75) is 6.92 Å². The average Bonchev–Trinajstić information content (AvgIpc) is 2.56. The van der Waals surface area contributed by atoms with Crippen molar-refractivity contribution in [2.24, 2.45) is 0 Å². The van der Waals surface area contributed by atoms with Crippen LogP contribution in [0.25, 0.3) is 10.5 Å². The number of hydrogen-bond donors (Lipinski definition) is 0. The fraction of sp³-hybridized carbons (Fsp3) is 0.111. The number of imidazole rings is 1. The van der Waals surface area contributed by atoms with Gasteiger partial charge in [0.2, 0.25) is 5.65 Å². The van der Waals surface area contributed by atoms with Gasteiger partial charge in [0.25, 0.3) is 5.82 Å². The van der Waals surface area contributed by atoms with Gasteiger partial charge in [0.05, 0.1) is 16.4 Å². The van der Waals surface area contributed by atoms with Crippen LogP contribution in [0.1, 0.15) is 5.69 Å². The summed E-state index contributed by atoms with van der Waals surface area (Å²) in [4.78, 5) is 7.54. The Kier molecular flexibility index (Phi) is 1.82. The molecule has 0 saturated heterocycles. The molecule has 0 fully saturated rings. The Morgan fingerprint density at radius 3 is 3.00 bits per heavy atom. The van der Waals surface area contributed by atoms with E-state index < -0.39 is 0 Å². The second-order valence-corrected chi connectivity index (χ2v) is 3.56. The standard InChI is InChI=1S/C9H6BrN3/c1-6-3-4-7(10)9-12-5-8(11-2)13(6)9/h3-5H,1H3. The third kappa shape index (κ3) is 1.12. The lowest BCUT2D eigenvalue weighted by molar-refractivity contribution is 1.10. The largest absolute Gasteiger partial charge is 0.362 e. The van der Waals surface area contributed by atoms with E-state index in [1.54, 1.807) is 6.20 Å². The second kappa shape index (κ2) is 2.86. The first-order chi connectivity index (χ1) is 6.24. The van der Waals surface area contributed by atoms with Crippen LogP contribution in [0.15, 0.2) is 22.8 Å². The number of pyridine rings is 1. The molecule has 0 radical (unpaired) electrons. The number of rotatable bonds is 0. The Hall–Kier alpha value is -1.34. The Labute approximate surface area is 84.0 Å². The van der Waals surface area contributed by atoms with Crippen LogP contribution >= 0.6 is 15.9 Å². The van der Waals surface area contributed by atoms with Gasteiger partial charge in [-0.1, -0.05) is 6.57 Å². The van der Waals surface area contributed by atoms with Crippen molar-refractivity contribution in [3.63, 3.8) is 0 Å². The van der Waals surface area contributed by atoms with Gasteiger partial charge in [-0.2, -0.15) is 0 Å². The quantitative estimate of drug-likeness (QED) is 0.644. The van der Waals surface area contributed by atoms with Gasteiger partial charge in [-0.3, -0.25) is 0 Å². The van der Waals surface area contributed by atoms with E-state index in [0.717, 1.165) is 15.8 Å². The molecule has 0 spiro atoms. The van der Waals surface area contributed by atoms with E-state index in [2.05, 4.69) is 25.8 Å². The van der Waals surface area contributed by atoms with Crippen LogP contribution in [-0.2, 0) is 0 Å². The maximum Gasteiger partial charge on any atom is 0.254 e. The molecule has 0 aromatic carbocycles. The highest BCUT2D eigenvalue weighted by molar-refractivity contribution is 9.10. The van der Waals surface area contributed by atoms with E-state index in [4.69, 9.17) is 6.57 Å². The van der Waals surface area contributed by atoms with E-state index in [1.807, 2.05) is 23.5 Å². The minimum Gasteiger partial charge on any atom is -0.362 e. The molecule has 2 rings (SSSR count). The summed E-state index contributed by atoms with van der Waals surface area (Å²) in [5.41, 5.74) is 1.81. The van der Waals surface area contributed by atoms with Gasteiger partial charge in [-0.05, 0) is 35.0 Å². The average molecular weight is 236 g/mol. The zero-order chi connectivity index (χ0) is 9.42. The lowest BCUT2D eigenvalue weighted by Gasteiger charge is -1.97. The maximum absolute atomic E-state index is 6.96. The Balaban J connectivity index is 2.98. The van der Waals surface area contributed by atoms with Gasteiger partial charge < -0.3 is 4.85 Å². The molecule has 13 heavy (non-hydrogen) atoms. The zero-order valence-corrected chi connectivity index (χ0v) is 8.54. The predicted molar refractivity (Wildman–Crippen MR) is 53.9 cm³/mol. The summed E-state index contributed by atoms with van der Waals surface area (Å²) in [7, 11) is 0. The van der Waals surface area contributed by atoms with Crippen LogP contribution in [0.4, 0.5) is 5.82 Å². The van der Waals surface area contributed by atoms with E-state index in [-0.39, 0.29) is 0 Å². The molecular formula is C9H6BrN3. The first kappa shape index (κ1) is 8.27. The SMILES string of the molecule is [C-]#[N+]c1cnc2c(Br)ccc(C)n12. The third-order valence-electron chi connectivity index (χ3n) is 1.89. The molecule has 0 aliphatic rings. The second-order valence-electron chi connectivity index (χ2n) is 2.71. The normalized spacial score (nSPS) is 10.2. The van der Waals surface area contributed by atoms with Crippen molar-refractivity contribution in [1.82, 2.24) is 9.38 Å². The van der Waals surface area contributed by atoms with Crippen molar-refractivity contribution in [3.05, 3.63) is 39.9 Å². The van der Waals surface area contributed by atoms with E-state index in [9.17, 15) is 0 Å². The monoisotopic (exact) mass is 235 g/mol. The van der Waals surface area contributed by atoms with Crippen molar-refractivity contribution in [2.75, 3.05) is 0 Å². The maximum atomic E-state index is 6.96. The summed E-state index contributed by atoms with van der Waals surface area (Å²) in [6, 6.07) is 3.89. The molecule has 64 valence electrons. The van der Waals surface area contributed by atoms with E-state index >= 15 is 0 Å². The summed E-state index contributed by atoms with van der Waals surface area (Å²) in [5.74, 6) is 0.550. The van der Waals surface area contributed by atoms with Crippen molar-refractivity contribution >= 4 is 27.4 Å². The van der Waals surface area contributed by atoms with Gasteiger partial charge in [0, 0.05) is 0 Å². The Bertz CT molecular complexity index is 507. The van der Waals surface area contributed by atoms with Crippen molar-refractivity contribution in [1.29, 1.82) is 0 Å². The summed E-state index contributed by atoms with van der Waals surface area (Å²) in [5, 5.41) is 0. The van der Waals surface area contributed by atoms with Gasteiger partial charge in [-0.15, -0.1) is 0 Å². The smallest absolute Gasteiger partial charge is 0.254 e. The highest BCUT2D eigenvalue weighted by atomic mass is 79.9. The minimum atomic E-state index is 0.550. The summed E-state index contributed by atoms with van der Waals surface area (Å²) < 4.78 is 2.74. The molecule has 3 nitrogen and oxygen atoms in total. The number of hydrogen-bond acceptors (Lipinski definition) is 1. The zero-order valence-electron chi connectivity index (χ0n) is 6.95. The molecular weight excluding hydrogens is 230 g/mol. The third-order valence-corrected chi connectivity index (χ3v) is 2.51. The van der Waals surface area contributed by atoms with Crippen LogP contribution in [0, 0.1) is 13.5 Å². The molecule has 0 aliphatic heterocycles.